The molecule has 1 unspecified atom stereocenters. The molecule has 0 radical (unpaired) electrons. The molecule has 98 valence electrons. The zero-order chi connectivity index (χ0) is 13.2. The van der Waals surface area contributed by atoms with Gasteiger partial charge in [0.2, 0.25) is 0 Å². The van der Waals surface area contributed by atoms with Crippen molar-refractivity contribution in [2.45, 2.75) is 12.3 Å². The first-order valence-electron chi connectivity index (χ1n) is 5.99. The van der Waals surface area contributed by atoms with Gasteiger partial charge in [0.25, 0.3) is 5.89 Å². The quantitative estimate of drug-likeness (QED) is 0.907. The van der Waals surface area contributed by atoms with Crippen LogP contribution in [0.1, 0.15) is 28.5 Å². The first-order valence-corrected chi connectivity index (χ1v) is 5.99. The molecule has 1 aliphatic heterocycles. The van der Waals surface area contributed by atoms with E-state index in [1.165, 1.54) is 12.1 Å². The first kappa shape index (κ1) is 11.9. The third-order valence-electron chi connectivity index (χ3n) is 3.09. The lowest BCUT2D eigenvalue weighted by Crippen LogP contribution is -1.99. The maximum Gasteiger partial charge on any atom is 0.335 e. The van der Waals surface area contributed by atoms with Crippen molar-refractivity contribution in [1.82, 2.24) is 10.1 Å². The molecule has 1 fully saturated rings. The number of hydrogen-bond acceptors (Lipinski definition) is 5. The average Bonchev–Trinajstić information content (AvgIpc) is 3.09. The number of nitrogens with zero attached hydrogens (tertiary/aromatic N) is 2. The van der Waals surface area contributed by atoms with Crippen LogP contribution in [0, 0.1) is 0 Å². The summed E-state index contributed by atoms with van der Waals surface area (Å²) in [5, 5.41) is 12.9. The molecule has 0 saturated carbocycles. The SMILES string of the molecule is O=C(O)c1cccc(-c2nc(C3CCOC3)no2)c1. The van der Waals surface area contributed by atoms with Crippen molar-refractivity contribution in [1.29, 1.82) is 0 Å². The molecule has 1 N–H and O–H groups in total. The number of carboxylic acid groups (broad SMARTS) is 1. The number of aromatic carboxylic acids is 1. The van der Waals surface area contributed by atoms with E-state index in [1.807, 2.05) is 0 Å². The Bertz CT molecular complexity index is 602. The first-order chi connectivity index (χ1) is 9.24. The van der Waals surface area contributed by atoms with Crippen molar-refractivity contribution in [2.24, 2.45) is 0 Å². The Labute approximate surface area is 109 Å². The molecule has 1 saturated heterocycles. The molecule has 0 bridgehead atoms. The number of ether oxygens (including phenoxy) is 1. The van der Waals surface area contributed by atoms with Crippen LogP contribution < -0.4 is 0 Å². The van der Waals surface area contributed by atoms with E-state index >= 15 is 0 Å². The minimum Gasteiger partial charge on any atom is -0.478 e. The van der Waals surface area contributed by atoms with Gasteiger partial charge in [0.15, 0.2) is 5.82 Å². The van der Waals surface area contributed by atoms with Crippen molar-refractivity contribution in [3.63, 3.8) is 0 Å². The maximum atomic E-state index is 10.9. The van der Waals surface area contributed by atoms with Gasteiger partial charge >= 0.3 is 5.97 Å². The van der Waals surface area contributed by atoms with Crippen LogP contribution in [-0.2, 0) is 4.74 Å². The van der Waals surface area contributed by atoms with Crippen LogP contribution >= 0.6 is 0 Å². The molecule has 1 aromatic heterocycles. The normalized spacial score (nSPS) is 18.6. The van der Waals surface area contributed by atoms with Gasteiger partial charge in [-0.2, -0.15) is 4.98 Å². The highest BCUT2D eigenvalue weighted by molar-refractivity contribution is 5.88. The molecule has 1 aromatic carbocycles. The molecule has 1 aliphatic rings. The number of carbonyl (C=O) groups is 1. The highest BCUT2D eigenvalue weighted by atomic mass is 16.5. The molecule has 0 spiro atoms. The minimum atomic E-state index is -0.981. The summed E-state index contributed by atoms with van der Waals surface area (Å²) in [6.45, 7) is 1.32. The Morgan fingerprint density at radius 2 is 2.32 bits per heavy atom. The molecule has 0 amide bonds. The molecular weight excluding hydrogens is 248 g/mol. The molecule has 1 atom stereocenters. The molecule has 19 heavy (non-hydrogen) atoms. The molecule has 6 nitrogen and oxygen atoms in total. The molecule has 6 heteroatoms. The lowest BCUT2D eigenvalue weighted by molar-refractivity contribution is 0.0697. The number of hydrogen-bond donors (Lipinski definition) is 1. The summed E-state index contributed by atoms with van der Waals surface area (Å²) in [5.41, 5.74) is 0.805. The van der Waals surface area contributed by atoms with E-state index in [0.29, 0.717) is 30.5 Å². The van der Waals surface area contributed by atoms with Crippen LogP contribution in [0.15, 0.2) is 28.8 Å². The van der Waals surface area contributed by atoms with Crippen molar-refractivity contribution >= 4 is 5.97 Å². The number of aromatic nitrogens is 2. The monoisotopic (exact) mass is 260 g/mol. The average molecular weight is 260 g/mol. The summed E-state index contributed by atoms with van der Waals surface area (Å²) < 4.78 is 10.5. The zero-order valence-electron chi connectivity index (χ0n) is 10.1. The van der Waals surface area contributed by atoms with E-state index in [4.69, 9.17) is 14.4 Å². The highest BCUT2D eigenvalue weighted by Crippen LogP contribution is 2.25. The van der Waals surface area contributed by atoms with Gasteiger partial charge in [-0.15, -0.1) is 0 Å². The molecular formula is C13H12N2O4. The van der Waals surface area contributed by atoms with Crippen LogP contribution in [-0.4, -0.2) is 34.4 Å². The number of rotatable bonds is 3. The Balaban J connectivity index is 1.89. The maximum absolute atomic E-state index is 10.9. The fourth-order valence-electron chi connectivity index (χ4n) is 2.04. The highest BCUT2D eigenvalue weighted by Gasteiger charge is 2.23. The van der Waals surface area contributed by atoms with Crippen LogP contribution in [0.5, 0.6) is 0 Å². The van der Waals surface area contributed by atoms with Crippen LogP contribution in [0.25, 0.3) is 11.5 Å². The number of carboxylic acids is 1. The third-order valence-corrected chi connectivity index (χ3v) is 3.09. The fraction of sp³-hybridized carbons (Fsp3) is 0.308. The number of benzene rings is 1. The zero-order valence-corrected chi connectivity index (χ0v) is 10.1. The summed E-state index contributed by atoms with van der Waals surface area (Å²) in [6, 6.07) is 6.44. The van der Waals surface area contributed by atoms with Gasteiger partial charge in [-0.1, -0.05) is 11.2 Å². The van der Waals surface area contributed by atoms with Gasteiger partial charge in [0.05, 0.1) is 12.2 Å². The van der Waals surface area contributed by atoms with Gasteiger partial charge < -0.3 is 14.4 Å². The van der Waals surface area contributed by atoms with E-state index < -0.39 is 5.97 Å². The Morgan fingerprint density at radius 3 is 3.05 bits per heavy atom. The van der Waals surface area contributed by atoms with E-state index in [2.05, 4.69) is 10.1 Å². The van der Waals surface area contributed by atoms with Crippen molar-refractivity contribution in [3.8, 4) is 11.5 Å². The van der Waals surface area contributed by atoms with Crippen molar-refractivity contribution in [2.75, 3.05) is 13.2 Å². The lowest BCUT2D eigenvalue weighted by Gasteiger charge is -1.98. The minimum absolute atomic E-state index is 0.167. The van der Waals surface area contributed by atoms with Gasteiger partial charge in [0, 0.05) is 18.1 Å². The van der Waals surface area contributed by atoms with E-state index in [0.717, 1.165) is 6.42 Å². The van der Waals surface area contributed by atoms with E-state index in [9.17, 15) is 4.79 Å². The smallest absolute Gasteiger partial charge is 0.335 e. The van der Waals surface area contributed by atoms with Crippen LogP contribution in [0.3, 0.4) is 0 Å². The van der Waals surface area contributed by atoms with Crippen LogP contribution in [0.4, 0.5) is 0 Å². The van der Waals surface area contributed by atoms with Crippen molar-refractivity contribution < 1.29 is 19.2 Å². The lowest BCUT2D eigenvalue weighted by atomic mass is 10.1. The standard InChI is InChI=1S/C13H12N2O4/c16-13(17)9-3-1-2-8(6-9)12-14-11(15-19-12)10-4-5-18-7-10/h1-3,6,10H,4-5,7H2,(H,16,17). The third kappa shape index (κ3) is 2.34. The molecule has 3 rings (SSSR count). The van der Waals surface area contributed by atoms with E-state index in [-0.39, 0.29) is 11.5 Å². The van der Waals surface area contributed by atoms with E-state index in [1.54, 1.807) is 12.1 Å². The van der Waals surface area contributed by atoms with Crippen LogP contribution in [0.2, 0.25) is 0 Å². The molecule has 2 aromatic rings. The summed E-state index contributed by atoms with van der Waals surface area (Å²) in [7, 11) is 0. The Hall–Kier alpha value is -2.21. The predicted octanol–water partition coefficient (Wildman–Crippen LogP) is 1.94. The summed E-state index contributed by atoms with van der Waals surface area (Å²) in [4.78, 5) is 15.2. The Kier molecular flexibility index (Phi) is 3.00. The van der Waals surface area contributed by atoms with Gasteiger partial charge in [-0.05, 0) is 24.6 Å². The molecule has 0 aliphatic carbocycles. The Morgan fingerprint density at radius 1 is 1.42 bits per heavy atom. The summed E-state index contributed by atoms with van der Waals surface area (Å²) in [6.07, 6.45) is 0.883. The summed E-state index contributed by atoms with van der Waals surface area (Å²) in [5.74, 6) is 0.143. The molecule has 2 heterocycles. The predicted molar refractivity (Wildman–Crippen MR) is 64.9 cm³/mol. The second-order valence-corrected chi connectivity index (χ2v) is 4.40. The summed E-state index contributed by atoms with van der Waals surface area (Å²) >= 11 is 0. The van der Waals surface area contributed by atoms with Gasteiger partial charge in [-0.3, -0.25) is 0 Å². The van der Waals surface area contributed by atoms with Gasteiger partial charge in [-0.25, -0.2) is 4.79 Å². The second-order valence-electron chi connectivity index (χ2n) is 4.40. The topological polar surface area (TPSA) is 85.5 Å². The second kappa shape index (κ2) is 4.81. The largest absolute Gasteiger partial charge is 0.478 e. The van der Waals surface area contributed by atoms with Crippen molar-refractivity contribution in [3.05, 3.63) is 35.7 Å². The fourth-order valence-corrected chi connectivity index (χ4v) is 2.04. The van der Waals surface area contributed by atoms with Gasteiger partial charge in [0.1, 0.15) is 0 Å².